The van der Waals surface area contributed by atoms with E-state index >= 15 is 0 Å². The number of carbonyl (C=O) groups excluding carboxylic acids is 2. The van der Waals surface area contributed by atoms with Crippen molar-refractivity contribution in [2.24, 2.45) is 5.10 Å². The molecule has 0 aliphatic rings. The van der Waals surface area contributed by atoms with Gasteiger partial charge in [0.25, 0.3) is 5.91 Å². The number of amides is 1. The number of halogens is 4. The summed E-state index contributed by atoms with van der Waals surface area (Å²) >= 11 is 17.0. The molecular weight excluding hydrogens is 798 g/mol. The van der Waals surface area contributed by atoms with Crippen LogP contribution in [0, 0.1) is 0 Å². The fraction of sp³-hybridized carbons (Fsp3) is 0.0938. The van der Waals surface area contributed by atoms with E-state index in [0.29, 0.717) is 47.9 Å². The summed E-state index contributed by atoms with van der Waals surface area (Å²) in [5, 5.41) is 5.49. The van der Waals surface area contributed by atoms with Crippen molar-refractivity contribution in [2.75, 3.05) is 21.3 Å². The van der Waals surface area contributed by atoms with Crippen LogP contribution in [0.1, 0.15) is 26.4 Å². The third-order valence-corrected chi connectivity index (χ3v) is 8.69. The normalized spacial score (nSPS) is 11.1. The Hall–Kier alpha value is -3.84. The molecule has 1 heterocycles. The highest BCUT2D eigenvalue weighted by atomic mass is 79.9. The maximum Gasteiger partial charge on any atom is 0.343 e. The van der Waals surface area contributed by atoms with Gasteiger partial charge in [-0.05, 0) is 68.3 Å². The molecule has 45 heavy (non-hydrogen) atoms. The molecule has 0 unspecified atom stereocenters. The molecule has 0 aliphatic carbocycles. The number of fused-ring (bicyclic) bond motifs is 1. The first kappa shape index (κ1) is 32.6. The quantitative estimate of drug-likeness (QED) is 0.0666. The molecule has 0 spiro atoms. The summed E-state index contributed by atoms with van der Waals surface area (Å²) in [6.07, 6.45) is 1.37. The van der Waals surface area contributed by atoms with Crippen LogP contribution in [0.5, 0.6) is 23.0 Å². The zero-order valence-corrected chi connectivity index (χ0v) is 29.4. The van der Waals surface area contributed by atoms with Gasteiger partial charge in [-0.15, -0.1) is 0 Å². The van der Waals surface area contributed by atoms with E-state index < -0.39 is 11.9 Å². The summed E-state index contributed by atoms with van der Waals surface area (Å²) in [4.78, 5) is 30.0. The minimum Gasteiger partial charge on any atom is -0.493 e. The number of rotatable bonds is 9. The minimum absolute atomic E-state index is 0.160. The largest absolute Gasteiger partial charge is 0.493 e. The number of ether oxygens (including phenoxy) is 4. The zero-order chi connectivity index (χ0) is 32.2. The molecule has 2 N–H and O–H groups in total. The Morgan fingerprint density at radius 1 is 0.867 bits per heavy atom. The lowest BCUT2D eigenvalue weighted by atomic mass is 10.0. The number of para-hydroxylation sites is 1. The molecule has 4 aromatic carbocycles. The number of methoxy groups -OCH3 is 3. The van der Waals surface area contributed by atoms with Gasteiger partial charge < -0.3 is 23.9 Å². The van der Waals surface area contributed by atoms with Crippen LogP contribution in [0.25, 0.3) is 22.0 Å². The Kier molecular flexibility index (Phi) is 10.2. The Balaban J connectivity index is 1.46. The van der Waals surface area contributed by atoms with Crippen molar-refractivity contribution >= 4 is 88.4 Å². The van der Waals surface area contributed by atoms with Gasteiger partial charge in [-0.25, -0.2) is 10.2 Å². The molecule has 5 aromatic rings. The van der Waals surface area contributed by atoms with E-state index in [0.717, 1.165) is 15.4 Å². The topological polar surface area (TPSA) is 111 Å². The highest BCUT2D eigenvalue weighted by Gasteiger charge is 2.23. The maximum absolute atomic E-state index is 13.5. The van der Waals surface area contributed by atoms with E-state index in [2.05, 4.69) is 63.3 Å². The van der Waals surface area contributed by atoms with Gasteiger partial charge in [0.2, 0.25) is 5.75 Å². The number of carbonyl (C=O) groups is 2. The summed E-state index contributed by atoms with van der Waals surface area (Å²) in [6.45, 7) is 0. The van der Waals surface area contributed by atoms with Gasteiger partial charge in [-0.3, -0.25) is 4.79 Å². The number of nitrogens with zero attached hydrogens (tertiary/aromatic N) is 1. The van der Waals surface area contributed by atoms with Crippen LogP contribution < -0.4 is 24.4 Å². The lowest BCUT2D eigenvalue weighted by Gasteiger charge is -2.15. The standard InChI is InChI=1S/C32H23Br3ClN3O6/c1-42-24-12-16(13-25(43-2)30(24)44-3)32(41)45-29-17(11-18(33)14-22(29)35)15-37-39-31(40)28-26(19-7-4-5-10-23(19)36)20-8-6-9-21(34)27(20)38-28/h4-15,38H,1-3H3,(H,39,40). The predicted octanol–water partition coefficient (Wildman–Crippen LogP) is 8.78. The molecule has 5 rings (SSSR count). The van der Waals surface area contributed by atoms with Crippen molar-refractivity contribution in [3.63, 3.8) is 0 Å². The Morgan fingerprint density at radius 3 is 2.24 bits per heavy atom. The van der Waals surface area contributed by atoms with Gasteiger partial charge in [0.15, 0.2) is 17.2 Å². The average Bonchev–Trinajstić information content (AvgIpc) is 3.42. The number of esters is 1. The second-order valence-electron chi connectivity index (χ2n) is 9.33. The van der Waals surface area contributed by atoms with Crippen LogP contribution >= 0.6 is 59.4 Å². The molecular formula is C32H23Br3ClN3O6. The SMILES string of the molecule is COc1cc(C(=O)Oc2c(Br)cc(Br)cc2C=NNC(=O)c2[nH]c3c(Br)cccc3c2-c2ccccc2Cl)cc(OC)c1OC. The molecule has 1 amide bonds. The number of H-pyrrole nitrogens is 1. The molecule has 0 atom stereocenters. The Bertz CT molecular complexity index is 1950. The number of aromatic amines is 1. The third-order valence-electron chi connectivity index (χ3n) is 6.66. The number of hydrogen-bond acceptors (Lipinski definition) is 7. The number of nitrogens with one attached hydrogen (secondary N) is 2. The number of aromatic nitrogens is 1. The van der Waals surface area contributed by atoms with E-state index in [1.165, 1.54) is 39.7 Å². The average molecular weight is 821 g/mol. The van der Waals surface area contributed by atoms with Crippen molar-refractivity contribution in [3.8, 4) is 34.1 Å². The molecule has 0 bridgehead atoms. The van der Waals surface area contributed by atoms with Crippen LogP contribution in [0.4, 0.5) is 0 Å². The van der Waals surface area contributed by atoms with Crippen LogP contribution in [0.15, 0.2) is 85.2 Å². The molecule has 1 aromatic heterocycles. The van der Waals surface area contributed by atoms with Gasteiger partial charge in [0, 0.05) is 36.0 Å². The van der Waals surface area contributed by atoms with Crippen molar-refractivity contribution in [2.45, 2.75) is 0 Å². The zero-order valence-electron chi connectivity index (χ0n) is 23.8. The van der Waals surface area contributed by atoms with Crippen LogP contribution in [0.3, 0.4) is 0 Å². The molecule has 0 radical (unpaired) electrons. The van der Waals surface area contributed by atoms with E-state index in [1.54, 1.807) is 18.2 Å². The van der Waals surface area contributed by atoms with E-state index in [-0.39, 0.29) is 17.0 Å². The first-order valence-electron chi connectivity index (χ1n) is 13.1. The van der Waals surface area contributed by atoms with E-state index in [9.17, 15) is 9.59 Å². The van der Waals surface area contributed by atoms with Gasteiger partial charge in [-0.2, -0.15) is 5.10 Å². The third kappa shape index (κ3) is 6.74. The number of hydrazone groups is 1. The van der Waals surface area contributed by atoms with E-state index in [4.69, 9.17) is 30.5 Å². The smallest absolute Gasteiger partial charge is 0.343 e. The van der Waals surface area contributed by atoms with Gasteiger partial charge >= 0.3 is 5.97 Å². The molecule has 0 fully saturated rings. The van der Waals surface area contributed by atoms with Crippen LogP contribution in [-0.2, 0) is 0 Å². The number of benzene rings is 4. The van der Waals surface area contributed by atoms with Crippen molar-refractivity contribution in [3.05, 3.63) is 102 Å². The van der Waals surface area contributed by atoms with Gasteiger partial charge in [-0.1, -0.05) is 57.9 Å². The summed E-state index contributed by atoms with van der Waals surface area (Å²) in [5.74, 6) is -0.101. The monoisotopic (exact) mass is 817 g/mol. The van der Waals surface area contributed by atoms with Crippen molar-refractivity contribution < 1.29 is 28.5 Å². The molecule has 230 valence electrons. The second kappa shape index (κ2) is 14.1. The predicted molar refractivity (Wildman–Crippen MR) is 184 cm³/mol. The first-order chi connectivity index (χ1) is 21.7. The fourth-order valence-corrected chi connectivity index (χ4v) is 6.68. The molecule has 13 heteroatoms. The molecule has 9 nitrogen and oxygen atoms in total. The maximum atomic E-state index is 13.5. The number of hydrogen-bond donors (Lipinski definition) is 2. The van der Waals surface area contributed by atoms with Gasteiger partial charge in [0.1, 0.15) is 5.69 Å². The lowest BCUT2D eigenvalue weighted by molar-refractivity contribution is 0.0732. The molecule has 0 aliphatic heterocycles. The van der Waals surface area contributed by atoms with Gasteiger partial charge in [0.05, 0.1) is 43.1 Å². The molecule has 0 saturated heterocycles. The van der Waals surface area contributed by atoms with Crippen LogP contribution in [-0.4, -0.2) is 44.4 Å². The minimum atomic E-state index is -0.691. The van der Waals surface area contributed by atoms with Crippen molar-refractivity contribution in [1.29, 1.82) is 0 Å². The first-order valence-corrected chi connectivity index (χ1v) is 15.8. The summed E-state index contributed by atoms with van der Waals surface area (Å²) in [5.41, 5.74) is 5.45. The summed E-state index contributed by atoms with van der Waals surface area (Å²) in [6, 6.07) is 19.3. The fourth-order valence-electron chi connectivity index (χ4n) is 4.65. The summed E-state index contributed by atoms with van der Waals surface area (Å²) in [7, 11) is 4.37. The van der Waals surface area contributed by atoms with Crippen LogP contribution in [0.2, 0.25) is 5.02 Å². The van der Waals surface area contributed by atoms with E-state index in [1.807, 2.05) is 36.4 Å². The van der Waals surface area contributed by atoms with Crippen molar-refractivity contribution in [1.82, 2.24) is 10.4 Å². The highest BCUT2D eigenvalue weighted by Crippen LogP contribution is 2.40. The summed E-state index contributed by atoms with van der Waals surface area (Å²) < 4.78 is 23.8. The lowest BCUT2D eigenvalue weighted by Crippen LogP contribution is -2.19. The second-order valence-corrected chi connectivity index (χ2v) is 12.4. The Morgan fingerprint density at radius 2 is 1.58 bits per heavy atom. The molecule has 0 saturated carbocycles. The highest BCUT2D eigenvalue weighted by molar-refractivity contribution is 9.11. The Labute approximate surface area is 288 Å².